The number of nitrogens with zero attached hydrogens (tertiary/aromatic N) is 1. The summed E-state index contributed by atoms with van der Waals surface area (Å²) in [6.45, 7) is 10.1. The Balaban J connectivity index is 2.83. The van der Waals surface area contributed by atoms with Gasteiger partial charge in [0.1, 0.15) is 0 Å². The molecule has 3 amide bonds. The van der Waals surface area contributed by atoms with Crippen LogP contribution in [0.25, 0.3) is 0 Å². The Labute approximate surface area is 172 Å². The summed E-state index contributed by atoms with van der Waals surface area (Å²) in [5, 5.41) is 5.32. The fourth-order valence-electron chi connectivity index (χ4n) is 2.52. The fraction of sp³-hybridized carbons (Fsp3) is 0.526. The number of carbonyl (C=O) groups is 3. The number of likely N-dealkylation sites (N-methyl/N-ethyl adjacent to an activating group) is 1. The number of hydrogen-bond donors (Lipinski definition) is 3. The number of rotatable bonds is 8. The SMILES string of the molecule is CCN(CC(=O)NC(C)(C)C)C(=O)[C@H](C)NS(=O)(=O)c1ccc(NC(C)=O)cc1. The maximum Gasteiger partial charge on any atom is 0.241 e. The molecule has 0 aromatic heterocycles. The van der Waals surface area contributed by atoms with Gasteiger partial charge in [-0.05, 0) is 58.9 Å². The first-order valence-corrected chi connectivity index (χ1v) is 10.7. The van der Waals surface area contributed by atoms with Gasteiger partial charge >= 0.3 is 0 Å². The van der Waals surface area contributed by atoms with Crippen LogP contribution in [0.4, 0.5) is 5.69 Å². The number of sulfonamides is 1. The molecule has 3 N–H and O–H groups in total. The van der Waals surface area contributed by atoms with Crippen molar-refractivity contribution in [1.82, 2.24) is 14.9 Å². The lowest BCUT2D eigenvalue weighted by Gasteiger charge is -2.27. The smallest absolute Gasteiger partial charge is 0.241 e. The topological polar surface area (TPSA) is 125 Å². The van der Waals surface area contributed by atoms with Gasteiger partial charge in [-0.1, -0.05) is 0 Å². The highest BCUT2D eigenvalue weighted by Crippen LogP contribution is 2.14. The molecule has 0 heterocycles. The summed E-state index contributed by atoms with van der Waals surface area (Å²) >= 11 is 0. The number of carbonyl (C=O) groups excluding carboxylic acids is 3. The lowest BCUT2D eigenvalue weighted by molar-refractivity contribution is -0.137. The molecular weight excluding hydrogens is 396 g/mol. The molecular formula is C19H30N4O5S. The average Bonchev–Trinajstić information content (AvgIpc) is 2.57. The third kappa shape index (κ3) is 8.20. The second kappa shape index (κ2) is 9.84. The minimum Gasteiger partial charge on any atom is -0.350 e. The van der Waals surface area contributed by atoms with Gasteiger partial charge in [0, 0.05) is 24.7 Å². The van der Waals surface area contributed by atoms with Crippen LogP contribution in [-0.4, -0.2) is 55.7 Å². The highest BCUT2D eigenvalue weighted by Gasteiger charge is 2.27. The molecule has 1 atom stereocenters. The molecule has 9 nitrogen and oxygen atoms in total. The zero-order chi connectivity index (χ0) is 22.4. The third-order valence-electron chi connectivity index (χ3n) is 3.73. The van der Waals surface area contributed by atoms with Crippen molar-refractivity contribution in [1.29, 1.82) is 0 Å². The van der Waals surface area contributed by atoms with E-state index < -0.39 is 27.5 Å². The van der Waals surface area contributed by atoms with Crippen molar-refractivity contribution in [3.05, 3.63) is 24.3 Å². The molecule has 0 aliphatic carbocycles. The molecule has 0 radical (unpaired) electrons. The van der Waals surface area contributed by atoms with Gasteiger partial charge in [0.15, 0.2) is 0 Å². The Kier molecular flexibility index (Phi) is 8.34. The van der Waals surface area contributed by atoms with E-state index >= 15 is 0 Å². The van der Waals surface area contributed by atoms with Crippen LogP contribution in [0.1, 0.15) is 41.5 Å². The molecule has 0 saturated carbocycles. The monoisotopic (exact) mass is 426 g/mol. The summed E-state index contributed by atoms with van der Waals surface area (Å²) in [7, 11) is -3.96. The highest BCUT2D eigenvalue weighted by atomic mass is 32.2. The normalized spacial score (nSPS) is 12.8. The number of benzene rings is 1. The zero-order valence-corrected chi connectivity index (χ0v) is 18.5. The first-order chi connectivity index (χ1) is 13.2. The van der Waals surface area contributed by atoms with Crippen LogP contribution in [0.2, 0.25) is 0 Å². The Hall–Kier alpha value is -2.46. The van der Waals surface area contributed by atoms with Gasteiger partial charge in [0.05, 0.1) is 17.5 Å². The maximum absolute atomic E-state index is 12.6. The van der Waals surface area contributed by atoms with E-state index in [1.807, 2.05) is 20.8 Å². The molecule has 1 rings (SSSR count). The van der Waals surface area contributed by atoms with Crippen LogP contribution in [0, 0.1) is 0 Å². The van der Waals surface area contributed by atoms with Crippen molar-refractivity contribution in [2.45, 2.75) is 58.0 Å². The average molecular weight is 427 g/mol. The number of amides is 3. The minimum absolute atomic E-state index is 0.0419. The van der Waals surface area contributed by atoms with Gasteiger partial charge in [0.25, 0.3) is 0 Å². The molecule has 1 aromatic rings. The summed E-state index contributed by atoms with van der Waals surface area (Å²) in [5.41, 5.74) is 0.0264. The Morgan fingerprint density at radius 1 is 1.10 bits per heavy atom. The molecule has 10 heteroatoms. The second-order valence-electron chi connectivity index (χ2n) is 7.70. The van der Waals surface area contributed by atoms with Gasteiger partial charge in [0.2, 0.25) is 27.7 Å². The van der Waals surface area contributed by atoms with Crippen LogP contribution in [0.5, 0.6) is 0 Å². The van der Waals surface area contributed by atoms with E-state index in [1.54, 1.807) is 6.92 Å². The van der Waals surface area contributed by atoms with Gasteiger partial charge in [-0.3, -0.25) is 14.4 Å². The summed E-state index contributed by atoms with van der Waals surface area (Å²) in [6.07, 6.45) is 0. The summed E-state index contributed by atoms with van der Waals surface area (Å²) in [6, 6.07) is 4.52. The van der Waals surface area contributed by atoms with Crippen molar-refractivity contribution in [2.75, 3.05) is 18.4 Å². The minimum atomic E-state index is -3.96. The molecule has 0 spiro atoms. The first kappa shape index (κ1) is 24.6. The predicted molar refractivity (Wildman–Crippen MR) is 111 cm³/mol. The van der Waals surface area contributed by atoms with Crippen molar-refractivity contribution in [2.24, 2.45) is 0 Å². The Morgan fingerprint density at radius 2 is 1.66 bits per heavy atom. The van der Waals surface area contributed by atoms with Crippen molar-refractivity contribution < 1.29 is 22.8 Å². The molecule has 0 aliphatic heterocycles. The Morgan fingerprint density at radius 3 is 2.10 bits per heavy atom. The van der Waals surface area contributed by atoms with E-state index in [0.717, 1.165) is 0 Å². The first-order valence-electron chi connectivity index (χ1n) is 9.25. The number of hydrogen-bond acceptors (Lipinski definition) is 5. The van der Waals surface area contributed by atoms with Crippen LogP contribution < -0.4 is 15.4 Å². The lowest BCUT2D eigenvalue weighted by Crippen LogP contribution is -2.51. The van der Waals surface area contributed by atoms with Crippen molar-refractivity contribution in [3.63, 3.8) is 0 Å². The van der Waals surface area contributed by atoms with Crippen LogP contribution in [-0.2, 0) is 24.4 Å². The highest BCUT2D eigenvalue weighted by molar-refractivity contribution is 7.89. The summed E-state index contributed by atoms with van der Waals surface area (Å²) < 4.78 is 27.4. The number of nitrogens with one attached hydrogen (secondary N) is 3. The van der Waals surface area contributed by atoms with E-state index in [9.17, 15) is 22.8 Å². The fourth-order valence-corrected chi connectivity index (χ4v) is 3.72. The van der Waals surface area contributed by atoms with E-state index in [1.165, 1.54) is 43.0 Å². The predicted octanol–water partition coefficient (Wildman–Crippen LogP) is 1.08. The molecule has 0 bridgehead atoms. The number of anilines is 1. The van der Waals surface area contributed by atoms with Crippen molar-refractivity contribution >= 4 is 33.4 Å². The van der Waals surface area contributed by atoms with Gasteiger partial charge in [-0.25, -0.2) is 8.42 Å². The van der Waals surface area contributed by atoms with Crippen LogP contribution in [0.15, 0.2) is 29.2 Å². The van der Waals surface area contributed by atoms with Gasteiger partial charge < -0.3 is 15.5 Å². The second-order valence-corrected chi connectivity index (χ2v) is 9.41. The molecule has 0 unspecified atom stereocenters. The molecule has 0 saturated heterocycles. The van der Waals surface area contributed by atoms with Crippen molar-refractivity contribution in [3.8, 4) is 0 Å². The van der Waals surface area contributed by atoms with Crippen LogP contribution >= 0.6 is 0 Å². The quantitative estimate of drug-likeness (QED) is 0.574. The van der Waals surface area contributed by atoms with Gasteiger partial charge in [-0.2, -0.15) is 4.72 Å². The standard InChI is InChI=1S/C19H30N4O5S/c1-7-23(12-17(25)21-19(4,5)6)18(26)13(2)22-29(27,28)16-10-8-15(9-11-16)20-14(3)24/h8-11,13,22H,7,12H2,1-6H3,(H,20,24)(H,21,25)/t13-/m0/s1. The van der Waals surface area contributed by atoms with E-state index in [0.29, 0.717) is 5.69 Å². The third-order valence-corrected chi connectivity index (χ3v) is 5.29. The summed E-state index contributed by atoms with van der Waals surface area (Å²) in [4.78, 5) is 37.0. The maximum atomic E-state index is 12.6. The molecule has 1 aromatic carbocycles. The largest absolute Gasteiger partial charge is 0.350 e. The summed E-state index contributed by atoms with van der Waals surface area (Å²) in [5.74, 6) is -1.10. The van der Waals surface area contributed by atoms with E-state index in [-0.39, 0.29) is 29.8 Å². The lowest BCUT2D eigenvalue weighted by atomic mass is 10.1. The molecule has 162 valence electrons. The molecule has 0 fully saturated rings. The van der Waals surface area contributed by atoms with Gasteiger partial charge in [-0.15, -0.1) is 0 Å². The molecule has 0 aliphatic rings. The van der Waals surface area contributed by atoms with E-state index in [4.69, 9.17) is 0 Å². The zero-order valence-electron chi connectivity index (χ0n) is 17.7. The van der Waals surface area contributed by atoms with Crippen LogP contribution in [0.3, 0.4) is 0 Å². The molecule has 29 heavy (non-hydrogen) atoms. The van der Waals surface area contributed by atoms with E-state index in [2.05, 4.69) is 15.4 Å². The Bertz CT molecular complexity index is 844.